The van der Waals surface area contributed by atoms with Crippen LogP contribution in [0.3, 0.4) is 0 Å². The van der Waals surface area contributed by atoms with Gasteiger partial charge in [0.2, 0.25) is 17.7 Å². The summed E-state index contributed by atoms with van der Waals surface area (Å²) in [5.74, 6) is -3.93. The fourth-order valence-electron chi connectivity index (χ4n) is 2.69. The van der Waals surface area contributed by atoms with E-state index >= 15 is 0 Å². The zero-order valence-corrected chi connectivity index (χ0v) is 18.7. The minimum atomic E-state index is -1.51. The summed E-state index contributed by atoms with van der Waals surface area (Å²) in [4.78, 5) is 48.5. The number of hydrogen-bond donors (Lipinski definition) is 8. The van der Waals surface area contributed by atoms with Gasteiger partial charge in [0.25, 0.3) is 0 Å². The molecule has 0 bridgehead atoms. The molecule has 4 atom stereocenters. The van der Waals surface area contributed by atoms with E-state index in [1.54, 1.807) is 26.0 Å². The van der Waals surface area contributed by atoms with Crippen molar-refractivity contribution in [2.45, 2.75) is 44.4 Å². The molecule has 178 valence electrons. The van der Waals surface area contributed by atoms with Crippen molar-refractivity contribution in [2.75, 3.05) is 12.4 Å². The van der Waals surface area contributed by atoms with Crippen molar-refractivity contribution >= 4 is 36.3 Å². The summed E-state index contributed by atoms with van der Waals surface area (Å²) < 4.78 is 0. The molecule has 12 heteroatoms. The van der Waals surface area contributed by atoms with Gasteiger partial charge >= 0.3 is 5.97 Å². The molecule has 1 rings (SSSR count). The number of rotatable bonds is 12. The molecule has 1 aromatic carbocycles. The molecule has 0 aliphatic rings. The third-order valence-electron chi connectivity index (χ3n) is 4.59. The van der Waals surface area contributed by atoms with Crippen LogP contribution in [0.15, 0.2) is 24.3 Å². The molecule has 0 aliphatic carbocycles. The van der Waals surface area contributed by atoms with Gasteiger partial charge in [0.15, 0.2) is 0 Å². The number of benzene rings is 1. The Bertz CT molecular complexity index is 804. The van der Waals surface area contributed by atoms with Crippen molar-refractivity contribution < 1.29 is 34.5 Å². The largest absolute Gasteiger partial charge is 0.508 e. The Morgan fingerprint density at radius 2 is 1.53 bits per heavy atom. The molecular formula is C20H30N4O7S. The maximum absolute atomic E-state index is 12.6. The summed E-state index contributed by atoms with van der Waals surface area (Å²) in [7, 11) is 0. The van der Waals surface area contributed by atoms with E-state index < -0.39 is 60.4 Å². The highest BCUT2D eigenvalue weighted by Gasteiger charge is 2.31. The number of carboxylic acid groups (broad SMARTS) is 1. The van der Waals surface area contributed by atoms with Crippen molar-refractivity contribution in [3.8, 4) is 5.75 Å². The van der Waals surface area contributed by atoms with Crippen molar-refractivity contribution in [1.29, 1.82) is 0 Å². The number of aliphatic hydroxyl groups excluding tert-OH is 1. The number of amides is 3. The van der Waals surface area contributed by atoms with Gasteiger partial charge in [-0.2, -0.15) is 12.6 Å². The zero-order chi connectivity index (χ0) is 24.4. The molecule has 8 N–H and O–H groups in total. The van der Waals surface area contributed by atoms with Gasteiger partial charge < -0.3 is 37.0 Å². The van der Waals surface area contributed by atoms with Crippen molar-refractivity contribution in [3.05, 3.63) is 29.8 Å². The van der Waals surface area contributed by atoms with Crippen LogP contribution in [-0.4, -0.2) is 75.5 Å². The Labute approximate surface area is 191 Å². The maximum atomic E-state index is 12.6. The van der Waals surface area contributed by atoms with Gasteiger partial charge in [0.1, 0.15) is 23.9 Å². The van der Waals surface area contributed by atoms with E-state index in [1.165, 1.54) is 12.1 Å². The van der Waals surface area contributed by atoms with E-state index in [2.05, 4.69) is 28.6 Å². The van der Waals surface area contributed by atoms with Crippen LogP contribution in [0.2, 0.25) is 0 Å². The van der Waals surface area contributed by atoms with Crippen molar-refractivity contribution in [3.63, 3.8) is 0 Å². The van der Waals surface area contributed by atoms with Gasteiger partial charge in [0, 0.05) is 5.75 Å². The second kappa shape index (κ2) is 12.9. The molecule has 4 unspecified atom stereocenters. The van der Waals surface area contributed by atoms with Crippen molar-refractivity contribution in [2.24, 2.45) is 11.7 Å². The monoisotopic (exact) mass is 470 g/mol. The molecule has 0 aliphatic heterocycles. The molecule has 0 heterocycles. The molecule has 0 radical (unpaired) electrons. The highest BCUT2D eigenvalue weighted by atomic mass is 32.1. The van der Waals surface area contributed by atoms with Gasteiger partial charge in [-0.1, -0.05) is 26.0 Å². The standard InChI is InChI=1S/C20H30N4O7S/c1-10(2)16(19(29)22-14(8-25)20(30)31)24-18(28)15(9-32)23-17(27)13(21)7-11-3-5-12(26)6-4-11/h3-6,10,13-16,25-26,32H,7-9,21H2,1-2H3,(H,22,29)(H,23,27)(H,24,28)(H,30,31). The van der Waals surface area contributed by atoms with Gasteiger partial charge in [-0.25, -0.2) is 4.79 Å². The minimum absolute atomic E-state index is 0.0790. The van der Waals surface area contributed by atoms with E-state index in [0.29, 0.717) is 5.56 Å². The van der Waals surface area contributed by atoms with Crippen LogP contribution in [0.1, 0.15) is 19.4 Å². The molecule has 0 saturated carbocycles. The lowest BCUT2D eigenvalue weighted by atomic mass is 10.0. The lowest BCUT2D eigenvalue weighted by molar-refractivity contribution is -0.143. The number of thiol groups is 1. The summed E-state index contributed by atoms with van der Waals surface area (Å²) in [6.45, 7) is 2.47. The Kier molecular flexibility index (Phi) is 11.0. The Balaban J connectivity index is 2.77. The topological polar surface area (TPSA) is 191 Å². The quantitative estimate of drug-likeness (QED) is 0.167. The van der Waals surface area contributed by atoms with E-state index in [0.717, 1.165) is 0 Å². The Morgan fingerprint density at radius 3 is 2.00 bits per heavy atom. The van der Waals surface area contributed by atoms with Gasteiger partial charge in [-0.05, 0) is 30.0 Å². The van der Waals surface area contributed by atoms with Crippen LogP contribution < -0.4 is 21.7 Å². The molecule has 0 saturated heterocycles. The average Bonchev–Trinajstić information content (AvgIpc) is 2.74. The third kappa shape index (κ3) is 8.36. The number of aliphatic carboxylic acids is 1. The number of phenols is 1. The second-order valence-electron chi connectivity index (χ2n) is 7.53. The van der Waals surface area contributed by atoms with Crippen molar-refractivity contribution in [1.82, 2.24) is 16.0 Å². The van der Waals surface area contributed by atoms with Gasteiger partial charge in [-0.3, -0.25) is 14.4 Å². The normalized spacial score (nSPS) is 14.7. The molecule has 1 aromatic rings. The average molecular weight is 471 g/mol. The van der Waals surface area contributed by atoms with E-state index in [1.807, 2.05) is 0 Å². The number of aliphatic hydroxyl groups is 1. The van der Waals surface area contributed by atoms with Crippen LogP contribution in [0, 0.1) is 5.92 Å². The number of hydrogen-bond acceptors (Lipinski definition) is 8. The lowest BCUT2D eigenvalue weighted by Crippen LogP contribution is -2.59. The Hall–Kier alpha value is -2.83. The summed E-state index contributed by atoms with van der Waals surface area (Å²) in [5, 5.41) is 34.5. The van der Waals surface area contributed by atoms with E-state index in [-0.39, 0.29) is 17.9 Å². The molecule has 0 aromatic heterocycles. The Morgan fingerprint density at radius 1 is 0.969 bits per heavy atom. The fourth-order valence-corrected chi connectivity index (χ4v) is 2.94. The maximum Gasteiger partial charge on any atom is 0.328 e. The SMILES string of the molecule is CC(C)C(NC(=O)C(CS)NC(=O)C(N)Cc1ccc(O)cc1)C(=O)NC(CO)C(=O)O. The fraction of sp³-hybridized carbons (Fsp3) is 0.500. The number of carboxylic acids is 1. The predicted octanol–water partition coefficient (Wildman–Crippen LogP) is -1.62. The predicted molar refractivity (Wildman–Crippen MR) is 119 cm³/mol. The van der Waals surface area contributed by atoms with Crippen LogP contribution in [0.25, 0.3) is 0 Å². The summed E-state index contributed by atoms with van der Waals surface area (Å²) >= 11 is 4.08. The zero-order valence-electron chi connectivity index (χ0n) is 17.8. The van der Waals surface area contributed by atoms with Crippen LogP contribution in [-0.2, 0) is 25.6 Å². The number of phenolic OH excluding ortho intramolecular Hbond substituents is 1. The second-order valence-corrected chi connectivity index (χ2v) is 7.90. The van der Waals surface area contributed by atoms with E-state index in [4.69, 9.17) is 15.9 Å². The summed E-state index contributed by atoms with van der Waals surface area (Å²) in [6, 6.07) is 1.47. The van der Waals surface area contributed by atoms with Gasteiger partial charge in [0.05, 0.1) is 12.6 Å². The summed E-state index contributed by atoms with van der Waals surface area (Å²) in [6.07, 6.45) is 0.168. The first kappa shape index (κ1) is 27.2. The number of nitrogens with two attached hydrogens (primary N) is 1. The number of aromatic hydroxyl groups is 1. The first-order valence-electron chi connectivity index (χ1n) is 9.89. The third-order valence-corrected chi connectivity index (χ3v) is 4.95. The number of carbonyl (C=O) groups is 4. The van der Waals surface area contributed by atoms with Crippen LogP contribution in [0.4, 0.5) is 0 Å². The first-order valence-corrected chi connectivity index (χ1v) is 10.5. The first-order chi connectivity index (χ1) is 15.0. The smallest absolute Gasteiger partial charge is 0.328 e. The summed E-state index contributed by atoms with van der Waals surface area (Å²) in [5.41, 5.74) is 6.63. The van der Waals surface area contributed by atoms with Crippen LogP contribution in [0.5, 0.6) is 5.75 Å². The molecule has 11 nitrogen and oxygen atoms in total. The molecule has 32 heavy (non-hydrogen) atoms. The lowest BCUT2D eigenvalue weighted by Gasteiger charge is -2.26. The molecular weight excluding hydrogens is 440 g/mol. The van der Waals surface area contributed by atoms with E-state index in [9.17, 15) is 24.3 Å². The minimum Gasteiger partial charge on any atom is -0.508 e. The number of carbonyl (C=O) groups excluding carboxylic acids is 3. The molecule has 3 amide bonds. The molecule has 0 spiro atoms. The highest BCUT2D eigenvalue weighted by Crippen LogP contribution is 2.11. The highest BCUT2D eigenvalue weighted by molar-refractivity contribution is 7.80. The number of nitrogens with one attached hydrogen (secondary N) is 3. The van der Waals surface area contributed by atoms with Crippen LogP contribution >= 0.6 is 12.6 Å². The molecule has 0 fully saturated rings. The van der Waals surface area contributed by atoms with Gasteiger partial charge in [-0.15, -0.1) is 0 Å².